The number of benzene rings is 3. The number of aromatic nitrogens is 3. The van der Waals surface area contributed by atoms with Gasteiger partial charge in [-0.15, -0.1) is 0 Å². The van der Waals surface area contributed by atoms with Crippen molar-refractivity contribution < 1.29 is 31.5 Å². The third kappa shape index (κ3) is 6.13. The highest BCUT2D eigenvalue weighted by Gasteiger charge is 2.23. The molecule has 0 saturated heterocycles. The van der Waals surface area contributed by atoms with Gasteiger partial charge in [0.15, 0.2) is 17.3 Å². The standard InChI is InChI=1S/C34H27F2N5O6S/c1-3-46-28-16-18-40(23-11-8-21(35)9-12-23)34(43)31(28)33(42)39-22-10-13-27(26(36)20-22)47-29-14-17-38-41-19-15-25(32(29)41)24-6-4-5-7-30(24)48(44,45)37-2/h4-20,37H,3H2,1-2H3,(H,39,42). The van der Waals surface area contributed by atoms with Gasteiger partial charge in [0.1, 0.15) is 22.6 Å². The molecule has 0 aliphatic rings. The summed E-state index contributed by atoms with van der Waals surface area (Å²) < 4.78 is 70.9. The Hall–Kier alpha value is -5.86. The van der Waals surface area contributed by atoms with Gasteiger partial charge >= 0.3 is 0 Å². The summed E-state index contributed by atoms with van der Waals surface area (Å²) in [5.41, 5.74) is 0.558. The molecule has 3 aromatic heterocycles. The number of nitrogens with one attached hydrogen (secondary N) is 2. The van der Waals surface area contributed by atoms with Gasteiger partial charge in [0.2, 0.25) is 10.0 Å². The minimum Gasteiger partial charge on any atom is -0.493 e. The van der Waals surface area contributed by atoms with Crippen LogP contribution in [-0.4, -0.2) is 42.2 Å². The zero-order valence-corrected chi connectivity index (χ0v) is 26.3. The SMILES string of the molecule is CCOc1ccn(-c2ccc(F)cc2)c(=O)c1C(=O)Nc1ccc(Oc2ccnn3ccc(-c4ccccc4S(=O)(=O)NC)c23)c(F)c1. The molecule has 3 heterocycles. The van der Waals surface area contributed by atoms with Crippen LogP contribution in [0.25, 0.3) is 22.3 Å². The van der Waals surface area contributed by atoms with Gasteiger partial charge in [-0.3, -0.25) is 14.2 Å². The topological polar surface area (TPSA) is 133 Å². The summed E-state index contributed by atoms with van der Waals surface area (Å²) in [6.07, 6.45) is 4.48. The number of halogens is 2. The van der Waals surface area contributed by atoms with Crippen LogP contribution in [0.15, 0.2) is 113 Å². The first-order valence-corrected chi connectivity index (χ1v) is 16.0. The molecule has 11 nitrogen and oxygen atoms in total. The summed E-state index contributed by atoms with van der Waals surface area (Å²) in [4.78, 5) is 26.8. The molecule has 6 aromatic rings. The Morgan fingerprint density at radius 3 is 2.40 bits per heavy atom. The molecule has 6 rings (SSSR count). The molecular formula is C34H27F2N5O6S. The van der Waals surface area contributed by atoms with Crippen LogP contribution in [-0.2, 0) is 10.0 Å². The lowest BCUT2D eigenvalue weighted by Gasteiger charge is -2.14. The molecule has 0 fully saturated rings. The van der Waals surface area contributed by atoms with E-state index in [1.54, 1.807) is 37.4 Å². The number of nitrogens with zero attached hydrogens (tertiary/aromatic N) is 3. The first-order chi connectivity index (χ1) is 23.1. The number of carbonyl (C=O) groups is 1. The molecule has 0 radical (unpaired) electrons. The fraction of sp³-hybridized carbons (Fsp3) is 0.0882. The Morgan fingerprint density at radius 1 is 0.896 bits per heavy atom. The van der Waals surface area contributed by atoms with Crippen molar-refractivity contribution in [1.82, 2.24) is 18.9 Å². The molecule has 244 valence electrons. The number of fused-ring (bicyclic) bond motifs is 1. The summed E-state index contributed by atoms with van der Waals surface area (Å²) in [5, 5.41) is 6.81. The second-order valence-electron chi connectivity index (χ2n) is 10.3. The van der Waals surface area contributed by atoms with Gasteiger partial charge < -0.3 is 14.8 Å². The predicted molar refractivity (Wildman–Crippen MR) is 174 cm³/mol. The third-order valence-electron chi connectivity index (χ3n) is 7.35. The maximum Gasteiger partial charge on any atom is 0.271 e. The molecule has 0 aliphatic carbocycles. The quantitative estimate of drug-likeness (QED) is 0.189. The Bertz CT molecular complexity index is 2340. The zero-order valence-electron chi connectivity index (χ0n) is 25.5. The largest absolute Gasteiger partial charge is 0.493 e. The van der Waals surface area contributed by atoms with Crippen molar-refractivity contribution >= 4 is 27.1 Å². The number of anilines is 1. The maximum atomic E-state index is 15.5. The number of amides is 1. The average molecular weight is 672 g/mol. The Morgan fingerprint density at radius 2 is 1.67 bits per heavy atom. The van der Waals surface area contributed by atoms with E-state index in [2.05, 4.69) is 15.1 Å². The molecule has 14 heteroatoms. The highest BCUT2D eigenvalue weighted by molar-refractivity contribution is 7.89. The summed E-state index contributed by atoms with van der Waals surface area (Å²) in [5.74, 6) is -2.17. The molecular weight excluding hydrogens is 644 g/mol. The predicted octanol–water partition coefficient (Wildman–Crippen LogP) is 5.78. The van der Waals surface area contributed by atoms with E-state index in [-0.39, 0.29) is 40.0 Å². The Kier molecular flexibility index (Phi) is 8.76. The van der Waals surface area contributed by atoms with Crippen LogP contribution in [0, 0.1) is 11.6 Å². The van der Waals surface area contributed by atoms with Crippen LogP contribution in [0.3, 0.4) is 0 Å². The highest BCUT2D eigenvalue weighted by Crippen LogP contribution is 2.37. The molecule has 2 N–H and O–H groups in total. The molecule has 48 heavy (non-hydrogen) atoms. The van der Waals surface area contributed by atoms with Crippen LogP contribution in [0.4, 0.5) is 14.5 Å². The normalized spacial score (nSPS) is 11.4. The maximum absolute atomic E-state index is 15.5. The van der Waals surface area contributed by atoms with Gasteiger partial charge in [-0.2, -0.15) is 5.10 Å². The summed E-state index contributed by atoms with van der Waals surface area (Å²) in [6.45, 7) is 1.86. The van der Waals surface area contributed by atoms with Gasteiger partial charge in [0.05, 0.1) is 17.7 Å². The average Bonchev–Trinajstić information content (AvgIpc) is 3.52. The second kappa shape index (κ2) is 13.1. The van der Waals surface area contributed by atoms with Gasteiger partial charge in [0, 0.05) is 47.0 Å². The number of ether oxygens (including phenoxy) is 2. The van der Waals surface area contributed by atoms with E-state index in [9.17, 15) is 22.4 Å². The van der Waals surface area contributed by atoms with Crippen LogP contribution in [0.2, 0.25) is 0 Å². The van der Waals surface area contributed by atoms with E-state index >= 15 is 4.39 Å². The number of pyridine rings is 1. The van der Waals surface area contributed by atoms with Crippen LogP contribution < -0.4 is 25.1 Å². The van der Waals surface area contributed by atoms with E-state index in [4.69, 9.17) is 9.47 Å². The second-order valence-corrected chi connectivity index (χ2v) is 12.1. The van der Waals surface area contributed by atoms with Crippen LogP contribution >= 0.6 is 0 Å². The first-order valence-electron chi connectivity index (χ1n) is 14.5. The fourth-order valence-electron chi connectivity index (χ4n) is 5.13. The number of hydrogen-bond acceptors (Lipinski definition) is 7. The fourth-order valence-corrected chi connectivity index (χ4v) is 6.08. The summed E-state index contributed by atoms with van der Waals surface area (Å²) >= 11 is 0. The Labute approximate surface area is 273 Å². The monoisotopic (exact) mass is 671 g/mol. The van der Waals surface area contributed by atoms with E-state index in [0.717, 1.165) is 6.07 Å². The molecule has 0 aliphatic heterocycles. The van der Waals surface area contributed by atoms with Crippen molar-refractivity contribution in [3.05, 3.63) is 131 Å². The third-order valence-corrected chi connectivity index (χ3v) is 8.82. The molecule has 3 aromatic carbocycles. The van der Waals surface area contributed by atoms with Gasteiger partial charge in [-0.05, 0) is 68.6 Å². The van der Waals surface area contributed by atoms with Crippen molar-refractivity contribution in [2.24, 2.45) is 0 Å². The van der Waals surface area contributed by atoms with E-state index < -0.39 is 33.1 Å². The number of rotatable bonds is 10. The number of hydrogen-bond donors (Lipinski definition) is 2. The molecule has 1 amide bonds. The lowest BCUT2D eigenvalue weighted by atomic mass is 10.1. The van der Waals surface area contributed by atoms with Crippen molar-refractivity contribution in [3.8, 4) is 34.1 Å². The van der Waals surface area contributed by atoms with Gasteiger partial charge in [-0.1, -0.05) is 18.2 Å². The highest BCUT2D eigenvalue weighted by atomic mass is 32.2. The van der Waals surface area contributed by atoms with Crippen molar-refractivity contribution in [2.75, 3.05) is 19.0 Å². The number of sulfonamides is 1. The van der Waals surface area contributed by atoms with Gasteiger partial charge in [0.25, 0.3) is 11.5 Å². The van der Waals surface area contributed by atoms with Crippen LogP contribution in [0.1, 0.15) is 17.3 Å². The lowest BCUT2D eigenvalue weighted by molar-refractivity contribution is 0.102. The summed E-state index contributed by atoms with van der Waals surface area (Å²) in [7, 11) is -2.51. The number of carbonyl (C=O) groups excluding carboxylic acids is 1. The Balaban J connectivity index is 1.31. The smallest absolute Gasteiger partial charge is 0.271 e. The van der Waals surface area contributed by atoms with E-state index in [1.807, 2.05) is 0 Å². The van der Waals surface area contributed by atoms with Gasteiger partial charge in [-0.25, -0.2) is 26.4 Å². The molecule has 0 bridgehead atoms. The zero-order chi connectivity index (χ0) is 34.0. The molecule has 0 unspecified atom stereocenters. The summed E-state index contributed by atoms with van der Waals surface area (Å²) in [6, 6.07) is 19.9. The lowest BCUT2D eigenvalue weighted by Crippen LogP contribution is -2.29. The van der Waals surface area contributed by atoms with Crippen molar-refractivity contribution in [3.63, 3.8) is 0 Å². The first kappa shape index (κ1) is 32.1. The van der Waals surface area contributed by atoms with Crippen molar-refractivity contribution in [2.45, 2.75) is 11.8 Å². The van der Waals surface area contributed by atoms with E-state index in [0.29, 0.717) is 22.3 Å². The van der Waals surface area contributed by atoms with Crippen molar-refractivity contribution in [1.29, 1.82) is 0 Å². The minimum absolute atomic E-state index is 0.0209. The molecule has 0 saturated carbocycles. The van der Waals surface area contributed by atoms with E-state index in [1.165, 1.54) is 83.1 Å². The minimum atomic E-state index is -3.82. The molecule has 0 atom stereocenters. The molecule has 0 spiro atoms. The van der Waals surface area contributed by atoms with Crippen LogP contribution in [0.5, 0.6) is 17.2 Å².